The summed E-state index contributed by atoms with van der Waals surface area (Å²) in [6.45, 7) is 1.15. The van der Waals surface area contributed by atoms with Crippen LogP contribution in [0.2, 0.25) is 5.02 Å². The Balaban J connectivity index is 2.28. The number of methoxy groups -OCH3 is 3. The molecule has 0 spiro atoms. The molecule has 0 atom stereocenters. The topological polar surface area (TPSA) is 56.8 Å². The Kier molecular flexibility index (Phi) is 5.88. The Bertz CT molecular complexity index is 671. The number of ether oxygens (including phenoxy) is 3. The molecular formula is C15H18ClNO4S. The fraction of sp³-hybridized carbons (Fsp3) is 0.400. The molecule has 0 radical (unpaired) electrons. The predicted molar refractivity (Wildman–Crippen MR) is 88.8 cm³/mol. The van der Waals surface area contributed by atoms with Crippen LogP contribution >= 0.6 is 22.9 Å². The van der Waals surface area contributed by atoms with E-state index in [1.165, 1.54) is 11.3 Å². The number of thiophene rings is 1. The van der Waals surface area contributed by atoms with Crippen LogP contribution in [-0.4, -0.2) is 40.4 Å². The number of halogens is 1. The maximum absolute atomic E-state index is 12.2. The van der Waals surface area contributed by atoms with E-state index in [0.29, 0.717) is 34.6 Å². The normalized spacial score (nSPS) is 10.7. The number of carbonyl (C=O) groups is 1. The number of amides is 1. The minimum Gasteiger partial charge on any atom is -0.493 e. The average molecular weight is 344 g/mol. The van der Waals surface area contributed by atoms with Crippen LogP contribution in [0.5, 0.6) is 11.5 Å². The molecular weight excluding hydrogens is 326 g/mol. The molecule has 0 bridgehead atoms. The second-order valence-electron chi connectivity index (χ2n) is 4.55. The Morgan fingerprint density at radius 2 is 1.91 bits per heavy atom. The van der Waals surface area contributed by atoms with E-state index < -0.39 is 0 Å². The molecule has 22 heavy (non-hydrogen) atoms. The third kappa shape index (κ3) is 3.45. The van der Waals surface area contributed by atoms with Gasteiger partial charge in [0.15, 0.2) is 11.5 Å². The van der Waals surface area contributed by atoms with Gasteiger partial charge in [-0.2, -0.15) is 0 Å². The van der Waals surface area contributed by atoms with Crippen LogP contribution in [0, 0.1) is 0 Å². The minimum atomic E-state index is -0.180. The monoisotopic (exact) mass is 343 g/mol. The van der Waals surface area contributed by atoms with Gasteiger partial charge in [-0.15, -0.1) is 11.3 Å². The van der Waals surface area contributed by atoms with Crippen LogP contribution < -0.4 is 14.8 Å². The molecule has 0 aliphatic rings. The van der Waals surface area contributed by atoms with Gasteiger partial charge in [0.2, 0.25) is 0 Å². The summed E-state index contributed by atoms with van der Waals surface area (Å²) in [5.74, 6) is 1.02. The Labute approximate surface area is 138 Å². The SMILES string of the molecule is COCCCNC(=O)c1sc2cc(OC)c(OC)cc2c1Cl. The molecule has 2 aromatic rings. The van der Waals surface area contributed by atoms with Crippen molar-refractivity contribution in [3.63, 3.8) is 0 Å². The van der Waals surface area contributed by atoms with Crippen molar-refractivity contribution in [3.8, 4) is 11.5 Å². The van der Waals surface area contributed by atoms with Crippen molar-refractivity contribution in [2.45, 2.75) is 6.42 Å². The minimum absolute atomic E-state index is 0.180. The molecule has 1 N–H and O–H groups in total. The molecule has 5 nitrogen and oxygen atoms in total. The highest BCUT2D eigenvalue weighted by Gasteiger charge is 2.19. The smallest absolute Gasteiger partial charge is 0.262 e. The van der Waals surface area contributed by atoms with Gasteiger partial charge in [0.1, 0.15) is 4.88 Å². The summed E-state index contributed by atoms with van der Waals surface area (Å²) >= 11 is 7.68. The number of carbonyl (C=O) groups excluding carboxylic acids is 1. The summed E-state index contributed by atoms with van der Waals surface area (Å²) in [6, 6.07) is 3.61. The number of benzene rings is 1. The summed E-state index contributed by atoms with van der Waals surface area (Å²) in [5, 5.41) is 4.06. The summed E-state index contributed by atoms with van der Waals surface area (Å²) in [7, 11) is 4.77. The van der Waals surface area contributed by atoms with Gasteiger partial charge in [0.05, 0.1) is 19.2 Å². The first-order chi connectivity index (χ1) is 10.6. The highest BCUT2D eigenvalue weighted by atomic mass is 35.5. The molecule has 0 unspecified atom stereocenters. The third-order valence-corrected chi connectivity index (χ3v) is 4.81. The van der Waals surface area contributed by atoms with Gasteiger partial charge in [-0.05, 0) is 12.5 Å². The van der Waals surface area contributed by atoms with E-state index >= 15 is 0 Å². The molecule has 0 saturated heterocycles. The number of fused-ring (bicyclic) bond motifs is 1. The first-order valence-electron chi connectivity index (χ1n) is 6.73. The van der Waals surface area contributed by atoms with Gasteiger partial charge in [0, 0.05) is 36.4 Å². The zero-order valence-electron chi connectivity index (χ0n) is 12.7. The van der Waals surface area contributed by atoms with E-state index in [9.17, 15) is 4.79 Å². The van der Waals surface area contributed by atoms with Crippen LogP contribution in [0.25, 0.3) is 10.1 Å². The number of nitrogens with one attached hydrogen (secondary N) is 1. The van der Waals surface area contributed by atoms with Crippen molar-refractivity contribution in [1.82, 2.24) is 5.32 Å². The van der Waals surface area contributed by atoms with Gasteiger partial charge >= 0.3 is 0 Å². The van der Waals surface area contributed by atoms with E-state index in [0.717, 1.165) is 16.5 Å². The zero-order valence-corrected chi connectivity index (χ0v) is 14.3. The van der Waals surface area contributed by atoms with Gasteiger partial charge < -0.3 is 19.5 Å². The van der Waals surface area contributed by atoms with Gasteiger partial charge in [0.25, 0.3) is 5.91 Å². The summed E-state index contributed by atoms with van der Waals surface area (Å²) in [6.07, 6.45) is 0.756. The fourth-order valence-corrected chi connectivity index (χ4v) is 3.47. The summed E-state index contributed by atoms with van der Waals surface area (Å²) in [4.78, 5) is 12.7. The van der Waals surface area contributed by atoms with Crippen molar-refractivity contribution in [2.75, 3.05) is 34.5 Å². The number of hydrogen-bond acceptors (Lipinski definition) is 5. The largest absolute Gasteiger partial charge is 0.493 e. The van der Waals surface area contributed by atoms with E-state index in [4.69, 9.17) is 25.8 Å². The maximum Gasteiger partial charge on any atom is 0.262 e. The lowest BCUT2D eigenvalue weighted by Crippen LogP contribution is -2.24. The molecule has 1 amide bonds. The van der Waals surface area contributed by atoms with Crippen LogP contribution in [-0.2, 0) is 4.74 Å². The fourth-order valence-electron chi connectivity index (χ4n) is 2.04. The van der Waals surface area contributed by atoms with Crippen molar-refractivity contribution >= 4 is 38.9 Å². The van der Waals surface area contributed by atoms with Crippen molar-refractivity contribution in [3.05, 3.63) is 22.0 Å². The lowest BCUT2D eigenvalue weighted by Gasteiger charge is -2.06. The average Bonchev–Trinajstić information content (AvgIpc) is 2.86. The standard InChI is InChI=1S/C15H18ClNO4S/c1-19-6-4-5-17-15(18)14-13(16)9-7-10(20-2)11(21-3)8-12(9)22-14/h7-8H,4-6H2,1-3H3,(H,17,18). The van der Waals surface area contributed by atoms with Crippen LogP contribution in [0.3, 0.4) is 0 Å². The molecule has 1 aromatic heterocycles. The van der Waals surface area contributed by atoms with E-state index in [2.05, 4.69) is 5.32 Å². The lowest BCUT2D eigenvalue weighted by molar-refractivity contribution is 0.0953. The summed E-state index contributed by atoms with van der Waals surface area (Å²) in [5.41, 5.74) is 0. The van der Waals surface area contributed by atoms with Crippen molar-refractivity contribution < 1.29 is 19.0 Å². The first kappa shape index (κ1) is 16.9. The van der Waals surface area contributed by atoms with Gasteiger partial charge in [-0.3, -0.25) is 4.79 Å². The molecule has 1 heterocycles. The molecule has 7 heteroatoms. The number of hydrogen-bond donors (Lipinski definition) is 1. The summed E-state index contributed by atoms with van der Waals surface area (Å²) < 4.78 is 16.4. The van der Waals surface area contributed by atoms with E-state index in [1.807, 2.05) is 6.07 Å². The van der Waals surface area contributed by atoms with E-state index in [-0.39, 0.29) is 5.91 Å². The molecule has 1 aromatic carbocycles. The first-order valence-corrected chi connectivity index (χ1v) is 7.93. The van der Waals surface area contributed by atoms with Crippen LogP contribution in [0.1, 0.15) is 16.1 Å². The second-order valence-corrected chi connectivity index (χ2v) is 5.98. The van der Waals surface area contributed by atoms with Gasteiger partial charge in [-0.25, -0.2) is 0 Å². The highest BCUT2D eigenvalue weighted by Crippen LogP contribution is 2.41. The quantitative estimate of drug-likeness (QED) is 0.783. The third-order valence-electron chi connectivity index (χ3n) is 3.15. The molecule has 0 aliphatic carbocycles. The molecule has 0 aliphatic heterocycles. The second kappa shape index (κ2) is 7.67. The molecule has 0 saturated carbocycles. The number of rotatable bonds is 7. The maximum atomic E-state index is 12.2. The van der Waals surface area contributed by atoms with Crippen molar-refractivity contribution in [1.29, 1.82) is 0 Å². The van der Waals surface area contributed by atoms with E-state index in [1.54, 1.807) is 27.4 Å². The molecule has 2 rings (SSSR count). The van der Waals surface area contributed by atoms with Crippen LogP contribution in [0.4, 0.5) is 0 Å². The Hall–Kier alpha value is -1.50. The van der Waals surface area contributed by atoms with Crippen molar-refractivity contribution in [2.24, 2.45) is 0 Å². The Morgan fingerprint density at radius 1 is 1.23 bits per heavy atom. The highest BCUT2D eigenvalue weighted by molar-refractivity contribution is 7.21. The molecule has 0 fully saturated rings. The van der Waals surface area contributed by atoms with Gasteiger partial charge in [-0.1, -0.05) is 11.6 Å². The lowest BCUT2D eigenvalue weighted by atomic mass is 10.2. The predicted octanol–water partition coefficient (Wildman–Crippen LogP) is 3.34. The van der Waals surface area contributed by atoms with Crippen LogP contribution in [0.15, 0.2) is 12.1 Å². The molecule has 120 valence electrons. The zero-order chi connectivity index (χ0) is 16.1. The Morgan fingerprint density at radius 3 is 2.55 bits per heavy atom.